The number of hydrogen-bond acceptors (Lipinski definition) is 4. The van der Waals surface area contributed by atoms with E-state index in [9.17, 15) is 4.79 Å². The molecule has 0 saturated carbocycles. The van der Waals surface area contributed by atoms with Gasteiger partial charge in [0.15, 0.2) is 0 Å². The Morgan fingerprint density at radius 1 is 1.30 bits per heavy atom. The van der Waals surface area contributed by atoms with Crippen LogP contribution in [0.1, 0.15) is 26.7 Å². The van der Waals surface area contributed by atoms with Crippen LogP contribution >= 0.6 is 0 Å². The third-order valence-corrected chi connectivity index (χ3v) is 3.31. The van der Waals surface area contributed by atoms with Gasteiger partial charge < -0.3 is 20.1 Å². The van der Waals surface area contributed by atoms with Crippen molar-refractivity contribution in [2.45, 2.75) is 32.7 Å². The van der Waals surface area contributed by atoms with Crippen LogP contribution in [0.15, 0.2) is 18.2 Å². The molecule has 2 N–H and O–H groups in total. The van der Waals surface area contributed by atoms with Gasteiger partial charge in [-0.15, -0.1) is 0 Å². The highest BCUT2D eigenvalue weighted by Gasteiger charge is 2.28. The van der Waals surface area contributed by atoms with Crippen molar-refractivity contribution in [3.63, 3.8) is 0 Å². The molecule has 1 aliphatic rings. The van der Waals surface area contributed by atoms with Crippen molar-refractivity contribution in [1.29, 1.82) is 0 Å². The Morgan fingerprint density at radius 2 is 2.05 bits per heavy atom. The lowest BCUT2D eigenvalue weighted by Gasteiger charge is -2.31. The molecule has 5 heteroatoms. The van der Waals surface area contributed by atoms with Crippen LogP contribution in [0.3, 0.4) is 0 Å². The third kappa shape index (κ3) is 3.04. The topological polar surface area (TPSA) is 64.8 Å². The fourth-order valence-corrected chi connectivity index (χ4v) is 2.38. The van der Waals surface area contributed by atoms with Gasteiger partial charge in [-0.2, -0.15) is 0 Å². The average Bonchev–Trinajstić information content (AvgIpc) is 2.44. The normalized spacial score (nSPS) is 19.1. The summed E-state index contributed by atoms with van der Waals surface area (Å²) in [7, 11) is 0. The minimum Gasteiger partial charge on any atom is -0.494 e. The van der Waals surface area contributed by atoms with Gasteiger partial charge in [-0.3, -0.25) is 4.79 Å². The third-order valence-electron chi connectivity index (χ3n) is 3.31. The second-order valence-corrected chi connectivity index (χ2v) is 4.73. The molecule has 1 aromatic carbocycles. The summed E-state index contributed by atoms with van der Waals surface area (Å²) in [6.45, 7) is 5.65. The van der Waals surface area contributed by atoms with Gasteiger partial charge in [0.2, 0.25) is 5.91 Å². The first kappa shape index (κ1) is 14.7. The van der Waals surface area contributed by atoms with Crippen molar-refractivity contribution in [1.82, 2.24) is 0 Å². The molecule has 1 saturated heterocycles. The molecule has 1 atom stereocenters. The molecule has 20 heavy (non-hydrogen) atoms. The Kier molecular flexibility index (Phi) is 4.84. The van der Waals surface area contributed by atoms with Crippen LogP contribution in [0, 0.1) is 0 Å². The minimum absolute atomic E-state index is 0.0501. The standard InChI is InChI=1S/C15H22N2O3/c1-3-19-11-7-8-14(20-4-2)13(10-11)17-9-5-6-12(16)15(17)18/h7-8,10,12H,3-6,9,16H2,1-2H3. The Labute approximate surface area is 119 Å². The maximum atomic E-state index is 12.3. The molecule has 0 bridgehead atoms. The molecule has 1 heterocycles. The summed E-state index contributed by atoms with van der Waals surface area (Å²) in [6, 6.07) is 5.13. The van der Waals surface area contributed by atoms with Crippen molar-refractivity contribution >= 4 is 11.6 Å². The van der Waals surface area contributed by atoms with Crippen molar-refractivity contribution in [3.05, 3.63) is 18.2 Å². The molecule has 110 valence electrons. The molecule has 5 nitrogen and oxygen atoms in total. The highest BCUT2D eigenvalue weighted by molar-refractivity contribution is 5.99. The summed E-state index contributed by atoms with van der Waals surface area (Å²) in [6.07, 6.45) is 1.64. The predicted octanol–water partition coefficient (Wildman–Crippen LogP) is 1.94. The van der Waals surface area contributed by atoms with E-state index >= 15 is 0 Å². The number of amides is 1. The van der Waals surface area contributed by atoms with E-state index in [-0.39, 0.29) is 5.91 Å². The summed E-state index contributed by atoms with van der Waals surface area (Å²) >= 11 is 0. The SMILES string of the molecule is CCOc1ccc(OCC)c(N2CCCC(N)C2=O)c1. The number of nitrogens with zero attached hydrogens (tertiary/aromatic N) is 1. The zero-order chi connectivity index (χ0) is 14.5. The molecule has 0 radical (unpaired) electrons. The van der Waals surface area contributed by atoms with Crippen LogP contribution in [0.25, 0.3) is 0 Å². The van der Waals surface area contributed by atoms with Crippen LogP contribution in [-0.2, 0) is 4.79 Å². The highest BCUT2D eigenvalue weighted by Crippen LogP contribution is 2.34. The zero-order valence-electron chi connectivity index (χ0n) is 12.1. The Bertz CT molecular complexity index is 476. The van der Waals surface area contributed by atoms with Crippen LogP contribution in [0.4, 0.5) is 5.69 Å². The number of carbonyl (C=O) groups excluding carboxylic acids is 1. The molecule has 0 aromatic heterocycles. The number of nitrogens with two attached hydrogens (primary N) is 1. The highest BCUT2D eigenvalue weighted by atomic mass is 16.5. The van der Waals surface area contributed by atoms with E-state index in [0.29, 0.717) is 25.5 Å². The monoisotopic (exact) mass is 278 g/mol. The van der Waals surface area contributed by atoms with E-state index in [1.165, 1.54) is 0 Å². The van der Waals surface area contributed by atoms with E-state index in [4.69, 9.17) is 15.2 Å². The van der Waals surface area contributed by atoms with Crippen molar-refractivity contribution < 1.29 is 14.3 Å². The first-order valence-electron chi connectivity index (χ1n) is 7.14. The van der Waals surface area contributed by atoms with Crippen molar-refractivity contribution in [2.24, 2.45) is 5.73 Å². The van der Waals surface area contributed by atoms with Gasteiger partial charge in [0, 0.05) is 12.6 Å². The second-order valence-electron chi connectivity index (χ2n) is 4.73. The van der Waals surface area contributed by atoms with Gasteiger partial charge in [-0.05, 0) is 38.8 Å². The van der Waals surface area contributed by atoms with E-state index in [1.807, 2.05) is 32.0 Å². The second kappa shape index (κ2) is 6.61. The van der Waals surface area contributed by atoms with Gasteiger partial charge in [-0.25, -0.2) is 0 Å². The lowest BCUT2D eigenvalue weighted by atomic mass is 10.0. The number of rotatable bonds is 5. The fourth-order valence-electron chi connectivity index (χ4n) is 2.38. The molecule has 2 rings (SSSR count). The smallest absolute Gasteiger partial charge is 0.244 e. The van der Waals surface area contributed by atoms with Crippen molar-refractivity contribution in [2.75, 3.05) is 24.7 Å². The average molecular weight is 278 g/mol. The zero-order valence-corrected chi connectivity index (χ0v) is 12.1. The summed E-state index contributed by atoms with van der Waals surface area (Å²) in [4.78, 5) is 14.0. The molecule has 1 unspecified atom stereocenters. The maximum absolute atomic E-state index is 12.3. The largest absolute Gasteiger partial charge is 0.494 e. The van der Waals surface area contributed by atoms with E-state index in [0.717, 1.165) is 24.3 Å². The fraction of sp³-hybridized carbons (Fsp3) is 0.533. The summed E-state index contributed by atoms with van der Waals surface area (Å²) in [5.41, 5.74) is 6.61. The molecule has 0 spiro atoms. The first-order chi connectivity index (χ1) is 9.67. The lowest BCUT2D eigenvalue weighted by molar-refractivity contribution is -0.120. The van der Waals surface area contributed by atoms with E-state index < -0.39 is 6.04 Å². The van der Waals surface area contributed by atoms with E-state index in [2.05, 4.69) is 0 Å². The maximum Gasteiger partial charge on any atom is 0.244 e. The summed E-state index contributed by atoms with van der Waals surface area (Å²) < 4.78 is 11.1. The van der Waals surface area contributed by atoms with E-state index in [1.54, 1.807) is 4.90 Å². The molecule has 1 aliphatic heterocycles. The van der Waals surface area contributed by atoms with Gasteiger partial charge in [-0.1, -0.05) is 0 Å². The number of anilines is 1. The summed E-state index contributed by atoms with van der Waals surface area (Å²) in [5, 5.41) is 0. The van der Waals surface area contributed by atoms with Gasteiger partial charge in [0.25, 0.3) is 0 Å². The quantitative estimate of drug-likeness (QED) is 0.894. The Balaban J connectivity index is 2.35. The molecular weight excluding hydrogens is 256 g/mol. The lowest BCUT2D eigenvalue weighted by Crippen LogP contribution is -2.48. The number of carbonyl (C=O) groups is 1. The Morgan fingerprint density at radius 3 is 2.75 bits per heavy atom. The number of piperidine rings is 1. The molecule has 1 aromatic rings. The molecule has 0 aliphatic carbocycles. The van der Waals surface area contributed by atoms with Crippen LogP contribution in [0.2, 0.25) is 0 Å². The summed E-state index contributed by atoms with van der Waals surface area (Å²) in [5.74, 6) is 1.38. The van der Waals surface area contributed by atoms with Crippen LogP contribution in [-0.4, -0.2) is 31.7 Å². The number of ether oxygens (including phenoxy) is 2. The number of hydrogen-bond donors (Lipinski definition) is 1. The first-order valence-corrected chi connectivity index (χ1v) is 7.14. The van der Waals surface area contributed by atoms with Crippen LogP contribution in [0.5, 0.6) is 11.5 Å². The van der Waals surface area contributed by atoms with Gasteiger partial charge in [0.05, 0.1) is 24.9 Å². The van der Waals surface area contributed by atoms with Crippen molar-refractivity contribution in [3.8, 4) is 11.5 Å². The number of benzene rings is 1. The Hall–Kier alpha value is -1.75. The molecule has 1 amide bonds. The molecule has 1 fully saturated rings. The van der Waals surface area contributed by atoms with Crippen LogP contribution < -0.4 is 20.1 Å². The minimum atomic E-state index is -0.422. The van der Waals surface area contributed by atoms with Gasteiger partial charge >= 0.3 is 0 Å². The molecular formula is C15H22N2O3. The predicted molar refractivity (Wildman–Crippen MR) is 78.3 cm³/mol. The van der Waals surface area contributed by atoms with Gasteiger partial charge in [0.1, 0.15) is 11.5 Å².